The van der Waals surface area contributed by atoms with E-state index in [0.717, 1.165) is 16.6 Å². The van der Waals surface area contributed by atoms with Gasteiger partial charge in [0.15, 0.2) is 0 Å². The number of thioether (sulfide) groups is 1. The molecule has 4 heteroatoms. The zero-order chi connectivity index (χ0) is 10.4. The van der Waals surface area contributed by atoms with E-state index >= 15 is 0 Å². The molecule has 0 atom stereocenters. The molecule has 1 rings (SSSR count). The summed E-state index contributed by atoms with van der Waals surface area (Å²) in [5.41, 5.74) is 0. The summed E-state index contributed by atoms with van der Waals surface area (Å²) in [5, 5.41) is 8.43. The van der Waals surface area contributed by atoms with E-state index in [2.05, 4.69) is 15.9 Å². The van der Waals surface area contributed by atoms with E-state index in [9.17, 15) is 4.79 Å². The van der Waals surface area contributed by atoms with Crippen LogP contribution in [0.2, 0.25) is 0 Å². The molecule has 0 heterocycles. The molecular formula is C10H11BrO2S. The van der Waals surface area contributed by atoms with Crippen molar-refractivity contribution in [2.75, 3.05) is 5.75 Å². The lowest BCUT2D eigenvalue weighted by Gasteiger charge is -2.00. The summed E-state index contributed by atoms with van der Waals surface area (Å²) in [6.07, 6.45) is 0.972. The molecule has 1 N–H and O–H groups in total. The zero-order valence-corrected chi connectivity index (χ0v) is 9.97. The van der Waals surface area contributed by atoms with Crippen molar-refractivity contribution in [2.45, 2.75) is 17.7 Å². The largest absolute Gasteiger partial charge is 0.481 e. The Bertz CT molecular complexity index is 297. The van der Waals surface area contributed by atoms with Gasteiger partial charge in [-0.1, -0.05) is 15.9 Å². The molecule has 2 nitrogen and oxygen atoms in total. The van der Waals surface area contributed by atoms with E-state index in [1.165, 1.54) is 4.90 Å². The topological polar surface area (TPSA) is 37.3 Å². The number of hydrogen-bond donors (Lipinski definition) is 1. The first-order valence-electron chi connectivity index (χ1n) is 4.28. The van der Waals surface area contributed by atoms with Crippen molar-refractivity contribution in [3.8, 4) is 0 Å². The highest BCUT2D eigenvalue weighted by molar-refractivity contribution is 9.10. The smallest absolute Gasteiger partial charge is 0.303 e. The number of carbonyl (C=O) groups is 1. The quantitative estimate of drug-likeness (QED) is 0.661. The molecule has 0 saturated carbocycles. The maximum atomic E-state index is 10.2. The number of benzene rings is 1. The van der Waals surface area contributed by atoms with Gasteiger partial charge in [0.05, 0.1) is 0 Å². The van der Waals surface area contributed by atoms with E-state index in [0.29, 0.717) is 0 Å². The second kappa shape index (κ2) is 6.09. The van der Waals surface area contributed by atoms with Gasteiger partial charge in [-0.05, 0) is 36.4 Å². The fourth-order valence-electron chi connectivity index (χ4n) is 0.944. The van der Waals surface area contributed by atoms with Gasteiger partial charge in [0.2, 0.25) is 0 Å². The molecule has 0 aliphatic carbocycles. The predicted octanol–water partition coefficient (Wildman–Crippen LogP) is 3.41. The third kappa shape index (κ3) is 4.67. The standard InChI is InChI=1S/C10H11BrO2S/c11-8-3-5-9(6-4-8)14-7-1-2-10(12)13/h3-6H,1-2,7H2,(H,12,13). The predicted molar refractivity (Wildman–Crippen MR) is 61.7 cm³/mol. The lowest BCUT2D eigenvalue weighted by molar-refractivity contribution is -0.137. The summed E-state index contributed by atoms with van der Waals surface area (Å²) in [4.78, 5) is 11.4. The van der Waals surface area contributed by atoms with Crippen molar-refractivity contribution in [3.63, 3.8) is 0 Å². The van der Waals surface area contributed by atoms with Crippen LogP contribution in [0.1, 0.15) is 12.8 Å². The highest BCUT2D eigenvalue weighted by Gasteiger charge is 1.97. The minimum absolute atomic E-state index is 0.254. The molecule has 1 aromatic carbocycles. The van der Waals surface area contributed by atoms with Gasteiger partial charge in [0, 0.05) is 15.8 Å². The first kappa shape index (κ1) is 11.6. The lowest BCUT2D eigenvalue weighted by atomic mass is 10.3. The highest BCUT2D eigenvalue weighted by Crippen LogP contribution is 2.21. The summed E-state index contributed by atoms with van der Waals surface area (Å²) in [5.74, 6) is 0.134. The van der Waals surface area contributed by atoms with E-state index in [-0.39, 0.29) is 6.42 Å². The molecule has 0 aliphatic rings. The monoisotopic (exact) mass is 274 g/mol. The maximum Gasteiger partial charge on any atom is 0.303 e. The molecule has 0 bridgehead atoms. The molecular weight excluding hydrogens is 264 g/mol. The lowest BCUT2D eigenvalue weighted by Crippen LogP contribution is -1.94. The van der Waals surface area contributed by atoms with E-state index in [4.69, 9.17) is 5.11 Å². The van der Waals surface area contributed by atoms with Crippen LogP contribution in [-0.2, 0) is 4.79 Å². The molecule has 0 aliphatic heterocycles. The molecule has 0 amide bonds. The summed E-state index contributed by atoms with van der Waals surface area (Å²) >= 11 is 5.05. The maximum absolute atomic E-state index is 10.2. The van der Waals surface area contributed by atoms with Crippen LogP contribution in [0, 0.1) is 0 Å². The van der Waals surface area contributed by atoms with Gasteiger partial charge in [0.1, 0.15) is 0 Å². The third-order valence-corrected chi connectivity index (χ3v) is 3.24. The Labute approximate surface area is 95.8 Å². The molecule has 0 radical (unpaired) electrons. The first-order valence-corrected chi connectivity index (χ1v) is 6.06. The van der Waals surface area contributed by atoms with Crippen LogP contribution in [0.3, 0.4) is 0 Å². The summed E-state index contributed by atoms with van der Waals surface area (Å²) < 4.78 is 1.06. The molecule has 1 aromatic rings. The average molecular weight is 275 g/mol. The molecule has 0 unspecified atom stereocenters. The highest BCUT2D eigenvalue weighted by atomic mass is 79.9. The van der Waals surface area contributed by atoms with Crippen molar-refractivity contribution in [1.82, 2.24) is 0 Å². The Morgan fingerprint density at radius 2 is 2.00 bits per heavy atom. The van der Waals surface area contributed by atoms with Gasteiger partial charge in [-0.3, -0.25) is 4.79 Å². The van der Waals surface area contributed by atoms with Crippen molar-refractivity contribution in [1.29, 1.82) is 0 Å². The van der Waals surface area contributed by atoms with Crippen LogP contribution >= 0.6 is 27.7 Å². The van der Waals surface area contributed by atoms with Gasteiger partial charge >= 0.3 is 5.97 Å². The Kier molecular flexibility index (Phi) is 5.04. The molecule has 0 fully saturated rings. The van der Waals surface area contributed by atoms with Crippen LogP contribution in [0.4, 0.5) is 0 Å². The van der Waals surface area contributed by atoms with Crippen LogP contribution in [0.15, 0.2) is 33.6 Å². The molecule has 0 spiro atoms. The van der Waals surface area contributed by atoms with Crippen LogP contribution in [-0.4, -0.2) is 16.8 Å². The van der Waals surface area contributed by atoms with E-state index in [1.807, 2.05) is 24.3 Å². The summed E-state index contributed by atoms with van der Waals surface area (Å²) in [7, 11) is 0. The fourth-order valence-corrected chi connectivity index (χ4v) is 2.06. The minimum atomic E-state index is -0.721. The number of hydrogen-bond acceptors (Lipinski definition) is 2. The van der Waals surface area contributed by atoms with Crippen molar-refractivity contribution in [2.24, 2.45) is 0 Å². The van der Waals surface area contributed by atoms with Crippen LogP contribution in [0.25, 0.3) is 0 Å². The van der Waals surface area contributed by atoms with Gasteiger partial charge in [-0.2, -0.15) is 0 Å². The van der Waals surface area contributed by atoms with Crippen molar-refractivity contribution >= 4 is 33.7 Å². The number of carboxylic acids is 1. The molecule has 76 valence electrons. The Balaban J connectivity index is 2.25. The Morgan fingerprint density at radius 1 is 1.36 bits per heavy atom. The van der Waals surface area contributed by atoms with E-state index in [1.54, 1.807) is 11.8 Å². The zero-order valence-electron chi connectivity index (χ0n) is 7.57. The van der Waals surface area contributed by atoms with E-state index < -0.39 is 5.97 Å². The number of rotatable bonds is 5. The second-order valence-corrected chi connectivity index (χ2v) is 4.88. The minimum Gasteiger partial charge on any atom is -0.481 e. The second-order valence-electron chi connectivity index (χ2n) is 2.80. The van der Waals surface area contributed by atoms with Crippen molar-refractivity contribution in [3.05, 3.63) is 28.7 Å². The average Bonchev–Trinajstić information content (AvgIpc) is 2.15. The molecule has 14 heavy (non-hydrogen) atoms. The van der Waals surface area contributed by atoms with Crippen LogP contribution < -0.4 is 0 Å². The number of carboxylic acid groups (broad SMARTS) is 1. The summed E-state index contributed by atoms with van der Waals surface area (Å²) in [6.45, 7) is 0. The first-order chi connectivity index (χ1) is 6.68. The normalized spacial score (nSPS) is 10.1. The van der Waals surface area contributed by atoms with Crippen LogP contribution in [0.5, 0.6) is 0 Å². The Morgan fingerprint density at radius 3 is 2.57 bits per heavy atom. The van der Waals surface area contributed by atoms with Gasteiger partial charge in [0.25, 0.3) is 0 Å². The Hall–Kier alpha value is -0.480. The van der Waals surface area contributed by atoms with Gasteiger partial charge in [-0.25, -0.2) is 0 Å². The van der Waals surface area contributed by atoms with Gasteiger partial charge < -0.3 is 5.11 Å². The van der Waals surface area contributed by atoms with Crippen molar-refractivity contribution < 1.29 is 9.90 Å². The molecule has 0 saturated heterocycles. The molecule has 0 aromatic heterocycles. The number of halogens is 1. The van der Waals surface area contributed by atoms with Gasteiger partial charge in [-0.15, -0.1) is 11.8 Å². The third-order valence-electron chi connectivity index (χ3n) is 1.62. The number of aliphatic carboxylic acids is 1. The SMILES string of the molecule is O=C(O)CCCSc1ccc(Br)cc1. The fraction of sp³-hybridized carbons (Fsp3) is 0.300. The summed E-state index contributed by atoms with van der Waals surface area (Å²) in [6, 6.07) is 8.02.